The van der Waals surface area contributed by atoms with Gasteiger partial charge in [0.05, 0.1) is 19.3 Å². The molecule has 1 aromatic rings. The van der Waals surface area contributed by atoms with Crippen molar-refractivity contribution in [1.82, 2.24) is 9.97 Å². The number of anilines is 2. The second-order valence-electron chi connectivity index (χ2n) is 6.18. The van der Waals surface area contributed by atoms with E-state index < -0.39 is 56.4 Å². The van der Waals surface area contributed by atoms with Crippen LogP contribution in [0.25, 0.3) is 0 Å². The van der Waals surface area contributed by atoms with Crippen molar-refractivity contribution < 1.29 is 44.1 Å². The SMILES string of the molecule is O=C(CCCCOP(=O)(O)O)Nc1c(NC[C@H](O)[C@H](O)[C@H](O)CO)[nH]c(=O)[nH]c1=O. The molecule has 0 aromatic carbocycles. The van der Waals surface area contributed by atoms with E-state index in [9.17, 15) is 34.3 Å². The first-order valence-corrected chi connectivity index (χ1v) is 10.2. The van der Waals surface area contributed by atoms with Gasteiger partial charge in [-0.1, -0.05) is 0 Å². The van der Waals surface area contributed by atoms with E-state index in [0.717, 1.165) is 0 Å². The van der Waals surface area contributed by atoms with Crippen LogP contribution in [-0.4, -0.2) is 84.2 Å². The van der Waals surface area contributed by atoms with Gasteiger partial charge in [-0.25, -0.2) is 9.36 Å². The normalized spacial score (nSPS) is 14.7. The van der Waals surface area contributed by atoms with Crippen LogP contribution >= 0.6 is 7.82 Å². The highest BCUT2D eigenvalue weighted by Crippen LogP contribution is 2.35. The van der Waals surface area contributed by atoms with E-state index in [1.54, 1.807) is 0 Å². The summed E-state index contributed by atoms with van der Waals surface area (Å²) >= 11 is 0. The van der Waals surface area contributed by atoms with Crippen molar-refractivity contribution in [3.05, 3.63) is 20.8 Å². The number of phosphoric ester groups is 1. The van der Waals surface area contributed by atoms with Gasteiger partial charge < -0.3 is 40.8 Å². The van der Waals surface area contributed by atoms with Crippen LogP contribution < -0.4 is 21.9 Å². The lowest BCUT2D eigenvalue weighted by molar-refractivity contribution is -0.116. The van der Waals surface area contributed by atoms with Gasteiger partial charge in [0.2, 0.25) is 5.91 Å². The number of nitrogens with one attached hydrogen (secondary N) is 4. The van der Waals surface area contributed by atoms with E-state index in [0.29, 0.717) is 0 Å². The molecule has 0 unspecified atom stereocenters. The zero-order chi connectivity index (χ0) is 22.9. The molecule has 0 aliphatic carbocycles. The molecular weight excluding hydrogens is 431 g/mol. The Kier molecular flexibility index (Phi) is 10.3. The van der Waals surface area contributed by atoms with Crippen LogP contribution in [0.5, 0.6) is 0 Å². The summed E-state index contributed by atoms with van der Waals surface area (Å²) in [6.07, 6.45) is -4.72. The maximum absolute atomic E-state index is 12.0. The number of carbonyl (C=O) groups excluding carboxylic acids is 1. The van der Waals surface area contributed by atoms with Crippen molar-refractivity contribution in [2.75, 3.05) is 30.4 Å². The highest BCUT2D eigenvalue weighted by molar-refractivity contribution is 7.46. The van der Waals surface area contributed by atoms with Crippen molar-refractivity contribution in [2.45, 2.75) is 37.6 Å². The van der Waals surface area contributed by atoms with Crippen molar-refractivity contribution in [3.8, 4) is 0 Å². The van der Waals surface area contributed by atoms with Crippen LogP contribution in [-0.2, 0) is 13.9 Å². The molecule has 30 heavy (non-hydrogen) atoms. The number of amides is 1. The number of rotatable bonds is 13. The highest BCUT2D eigenvalue weighted by atomic mass is 31.2. The Bertz CT molecular complexity index is 851. The summed E-state index contributed by atoms with van der Waals surface area (Å²) < 4.78 is 14.8. The molecule has 0 radical (unpaired) electrons. The summed E-state index contributed by atoms with van der Waals surface area (Å²) in [5.74, 6) is -0.922. The minimum Gasteiger partial charge on any atom is -0.394 e. The molecule has 16 heteroatoms. The van der Waals surface area contributed by atoms with Gasteiger partial charge in [0.25, 0.3) is 5.56 Å². The van der Waals surface area contributed by atoms with Gasteiger partial charge in [-0.15, -0.1) is 0 Å². The van der Waals surface area contributed by atoms with E-state index in [-0.39, 0.29) is 37.4 Å². The summed E-state index contributed by atoms with van der Waals surface area (Å²) in [5, 5.41) is 42.2. The monoisotopic (exact) mass is 456 g/mol. The largest absolute Gasteiger partial charge is 0.469 e. The quantitative estimate of drug-likeness (QED) is 0.104. The van der Waals surface area contributed by atoms with Crippen LogP contribution in [0.2, 0.25) is 0 Å². The van der Waals surface area contributed by atoms with Crippen molar-refractivity contribution in [1.29, 1.82) is 0 Å². The predicted molar refractivity (Wildman–Crippen MR) is 102 cm³/mol. The van der Waals surface area contributed by atoms with Gasteiger partial charge in [0.1, 0.15) is 23.7 Å². The summed E-state index contributed by atoms with van der Waals surface area (Å²) in [5.41, 5.74) is -2.25. The fraction of sp³-hybridized carbons (Fsp3) is 0.643. The average molecular weight is 456 g/mol. The number of aliphatic hydroxyl groups is 4. The van der Waals surface area contributed by atoms with Gasteiger partial charge >= 0.3 is 13.5 Å². The summed E-state index contributed by atoms with van der Waals surface area (Å²) in [6.45, 7) is -1.54. The molecule has 0 spiro atoms. The molecule has 1 aromatic heterocycles. The smallest absolute Gasteiger partial charge is 0.394 e. The average Bonchev–Trinajstić information content (AvgIpc) is 2.65. The zero-order valence-electron chi connectivity index (χ0n) is 15.6. The zero-order valence-corrected chi connectivity index (χ0v) is 16.5. The van der Waals surface area contributed by atoms with Gasteiger partial charge in [-0.3, -0.25) is 24.1 Å². The van der Waals surface area contributed by atoms with Crippen LogP contribution in [0.15, 0.2) is 9.59 Å². The molecule has 172 valence electrons. The maximum atomic E-state index is 12.0. The third kappa shape index (κ3) is 9.15. The number of aromatic nitrogens is 2. The molecule has 3 atom stereocenters. The van der Waals surface area contributed by atoms with Gasteiger partial charge in [0, 0.05) is 13.0 Å². The number of phosphoric acid groups is 1. The van der Waals surface area contributed by atoms with Crippen molar-refractivity contribution in [2.24, 2.45) is 0 Å². The standard InChI is InChI=1S/C14H25N4O11P/c19-6-8(21)11(23)7(20)5-15-12-10(13(24)18-14(25)17-12)16-9(22)3-1-2-4-29-30(26,27)28/h7-8,11,19-21,23H,1-6H2,(H,16,22)(H2,26,27,28)(H3,15,17,18,24,25)/t7-,8+,11-/m0/s1. The molecule has 0 saturated carbocycles. The number of carbonyl (C=O) groups is 1. The van der Waals surface area contributed by atoms with Crippen LogP contribution in [0.1, 0.15) is 19.3 Å². The van der Waals surface area contributed by atoms with Gasteiger partial charge in [-0.05, 0) is 12.8 Å². The van der Waals surface area contributed by atoms with E-state index in [1.165, 1.54) is 0 Å². The van der Waals surface area contributed by atoms with E-state index in [1.807, 2.05) is 4.98 Å². The fourth-order valence-corrected chi connectivity index (χ4v) is 2.57. The Hall–Kier alpha value is -2.10. The minimum atomic E-state index is -4.59. The third-order valence-corrected chi connectivity index (χ3v) is 4.25. The molecule has 15 nitrogen and oxygen atoms in total. The lowest BCUT2D eigenvalue weighted by Gasteiger charge is -2.22. The molecule has 1 amide bonds. The molecule has 1 heterocycles. The highest BCUT2D eigenvalue weighted by Gasteiger charge is 2.24. The van der Waals surface area contributed by atoms with Crippen LogP contribution in [0.3, 0.4) is 0 Å². The summed E-state index contributed by atoms with van der Waals surface area (Å²) in [7, 11) is -4.59. The molecule has 0 bridgehead atoms. The number of H-pyrrole nitrogens is 2. The fourth-order valence-electron chi connectivity index (χ4n) is 2.20. The van der Waals surface area contributed by atoms with E-state index >= 15 is 0 Å². The van der Waals surface area contributed by atoms with Crippen LogP contribution in [0.4, 0.5) is 11.5 Å². The number of aliphatic hydroxyl groups excluding tert-OH is 4. The third-order valence-electron chi connectivity index (χ3n) is 3.73. The second kappa shape index (κ2) is 11.9. The second-order valence-corrected chi connectivity index (χ2v) is 7.42. The van der Waals surface area contributed by atoms with Gasteiger partial charge in [-0.2, -0.15) is 0 Å². The first kappa shape index (κ1) is 25.9. The topological polar surface area (TPSA) is 255 Å². The Labute approximate surface area is 169 Å². The molecule has 0 aliphatic rings. The first-order valence-electron chi connectivity index (χ1n) is 8.70. The molecule has 1 rings (SSSR count). The lowest BCUT2D eigenvalue weighted by atomic mass is 10.1. The van der Waals surface area contributed by atoms with E-state index in [4.69, 9.17) is 14.9 Å². The minimum absolute atomic E-state index is 0.132. The Balaban J connectivity index is 2.71. The Morgan fingerprint density at radius 2 is 1.77 bits per heavy atom. The number of unbranched alkanes of at least 4 members (excludes halogenated alkanes) is 1. The van der Waals surface area contributed by atoms with Crippen LogP contribution in [0, 0.1) is 0 Å². The molecule has 0 fully saturated rings. The number of aromatic amines is 2. The Morgan fingerprint density at radius 1 is 1.10 bits per heavy atom. The maximum Gasteiger partial charge on any atom is 0.469 e. The van der Waals surface area contributed by atoms with Crippen molar-refractivity contribution >= 4 is 25.2 Å². The summed E-state index contributed by atoms with van der Waals surface area (Å²) in [4.78, 5) is 56.7. The first-order chi connectivity index (χ1) is 13.9. The predicted octanol–water partition coefficient (Wildman–Crippen LogP) is -3.23. The lowest BCUT2D eigenvalue weighted by Crippen LogP contribution is -2.43. The molecular formula is C14H25N4O11P. The van der Waals surface area contributed by atoms with Crippen molar-refractivity contribution in [3.63, 3.8) is 0 Å². The van der Waals surface area contributed by atoms with E-state index in [2.05, 4.69) is 20.1 Å². The summed E-state index contributed by atoms with van der Waals surface area (Å²) in [6, 6.07) is 0. The number of hydrogen-bond donors (Lipinski definition) is 10. The Morgan fingerprint density at radius 3 is 2.37 bits per heavy atom. The number of hydrogen-bond acceptors (Lipinski definition) is 10. The van der Waals surface area contributed by atoms with Gasteiger partial charge in [0.15, 0.2) is 0 Å². The molecule has 0 aliphatic heterocycles. The molecule has 10 N–H and O–H groups in total. The molecule has 0 saturated heterocycles.